The van der Waals surface area contributed by atoms with Crippen LogP contribution >= 0.6 is 0 Å². The molecule has 23 heavy (non-hydrogen) atoms. The molecule has 1 N–H and O–H groups in total. The number of piperidine rings is 1. The lowest BCUT2D eigenvalue weighted by Crippen LogP contribution is -2.51. The van der Waals surface area contributed by atoms with E-state index in [1.54, 1.807) is 9.80 Å². The van der Waals surface area contributed by atoms with E-state index in [9.17, 15) is 14.4 Å². The lowest BCUT2D eigenvalue weighted by Gasteiger charge is -2.38. The standard InChI is InChI=1S/C17H30N2O4/c1-12(2)19(10-8-14(20)21)15(22)13-7-6-9-18(11-13)16(23)17(3,4)5/h12-13H,6-11H2,1-5H3,(H,20,21). The molecule has 1 atom stereocenters. The van der Waals surface area contributed by atoms with Crippen molar-refractivity contribution in [2.24, 2.45) is 11.3 Å². The number of carbonyl (C=O) groups is 3. The number of rotatable bonds is 5. The summed E-state index contributed by atoms with van der Waals surface area (Å²) in [5.74, 6) is -1.10. The van der Waals surface area contributed by atoms with Gasteiger partial charge < -0.3 is 14.9 Å². The fourth-order valence-corrected chi connectivity index (χ4v) is 2.91. The molecule has 0 spiro atoms. The van der Waals surface area contributed by atoms with Gasteiger partial charge in [-0.3, -0.25) is 14.4 Å². The molecule has 0 aromatic rings. The molecule has 1 aliphatic rings. The van der Waals surface area contributed by atoms with E-state index >= 15 is 0 Å². The van der Waals surface area contributed by atoms with E-state index in [0.717, 1.165) is 12.8 Å². The average Bonchev–Trinajstić information content (AvgIpc) is 2.45. The van der Waals surface area contributed by atoms with E-state index in [-0.39, 0.29) is 36.7 Å². The summed E-state index contributed by atoms with van der Waals surface area (Å²) in [5.41, 5.74) is -0.452. The zero-order chi connectivity index (χ0) is 17.8. The van der Waals surface area contributed by atoms with Crippen molar-refractivity contribution in [1.29, 1.82) is 0 Å². The maximum Gasteiger partial charge on any atom is 0.305 e. The number of amides is 2. The van der Waals surface area contributed by atoms with Gasteiger partial charge in [-0.1, -0.05) is 20.8 Å². The van der Waals surface area contributed by atoms with Crippen molar-refractivity contribution in [2.75, 3.05) is 19.6 Å². The first-order valence-corrected chi connectivity index (χ1v) is 8.35. The number of aliphatic carboxylic acids is 1. The summed E-state index contributed by atoms with van der Waals surface area (Å²) in [5, 5.41) is 8.85. The molecule has 0 saturated carbocycles. The number of likely N-dealkylation sites (tertiary alicyclic amines) is 1. The summed E-state index contributed by atoms with van der Waals surface area (Å²) >= 11 is 0. The fourth-order valence-electron chi connectivity index (χ4n) is 2.91. The third-order valence-corrected chi connectivity index (χ3v) is 4.17. The van der Waals surface area contributed by atoms with Gasteiger partial charge in [0.15, 0.2) is 0 Å². The van der Waals surface area contributed by atoms with Gasteiger partial charge in [-0.05, 0) is 26.7 Å². The van der Waals surface area contributed by atoms with Crippen LogP contribution in [0, 0.1) is 11.3 Å². The van der Waals surface area contributed by atoms with Crippen molar-refractivity contribution in [1.82, 2.24) is 9.80 Å². The van der Waals surface area contributed by atoms with Crippen LogP contribution in [0.15, 0.2) is 0 Å². The SMILES string of the molecule is CC(C)N(CCC(=O)O)C(=O)C1CCCN(C(=O)C(C)(C)C)C1. The second-order valence-electron chi connectivity index (χ2n) is 7.61. The molecule has 1 aliphatic heterocycles. The number of nitrogens with zero attached hydrogens (tertiary/aromatic N) is 2. The lowest BCUT2D eigenvalue weighted by molar-refractivity contribution is -0.146. The number of carboxylic acids is 1. The van der Waals surface area contributed by atoms with Crippen LogP contribution in [0.3, 0.4) is 0 Å². The van der Waals surface area contributed by atoms with Crippen molar-refractivity contribution in [3.05, 3.63) is 0 Å². The van der Waals surface area contributed by atoms with E-state index in [1.807, 2.05) is 34.6 Å². The number of carboxylic acid groups (broad SMARTS) is 1. The molecule has 1 fully saturated rings. The van der Waals surface area contributed by atoms with E-state index in [0.29, 0.717) is 13.1 Å². The van der Waals surface area contributed by atoms with Crippen LogP contribution in [-0.4, -0.2) is 58.4 Å². The average molecular weight is 326 g/mol. The minimum Gasteiger partial charge on any atom is -0.481 e. The normalized spacial score (nSPS) is 18.9. The van der Waals surface area contributed by atoms with Crippen LogP contribution in [0.5, 0.6) is 0 Å². The van der Waals surface area contributed by atoms with Crippen LogP contribution < -0.4 is 0 Å². The van der Waals surface area contributed by atoms with Crippen LogP contribution in [0.25, 0.3) is 0 Å². The molecular weight excluding hydrogens is 296 g/mol. The molecule has 0 aromatic heterocycles. The van der Waals surface area contributed by atoms with Gasteiger partial charge >= 0.3 is 5.97 Å². The van der Waals surface area contributed by atoms with Crippen molar-refractivity contribution in [3.8, 4) is 0 Å². The van der Waals surface area contributed by atoms with Crippen LogP contribution in [0.2, 0.25) is 0 Å². The smallest absolute Gasteiger partial charge is 0.305 e. The quantitative estimate of drug-likeness (QED) is 0.838. The first-order valence-electron chi connectivity index (χ1n) is 8.35. The molecule has 6 heteroatoms. The molecule has 0 aromatic carbocycles. The Morgan fingerprint density at radius 2 is 1.87 bits per heavy atom. The Labute approximate surface area is 138 Å². The zero-order valence-electron chi connectivity index (χ0n) is 15.0. The summed E-state index contributed by atoms with van der Waals surface area (Å²) in [4.78, 5) is 39.4. The highest BCUT2D eigenvalue weighted by atomic mass is 16.4. The van der Waals surface area contributed by atoms with Gasteiger partial charge in [0.2, 0.25) is 11.8 Å². The van der Waals surface area contributed by atoms with Crippen molar-refractivity contribution in [3.63, 3.8) is 0 Å². The first-order chi connectivity index (χ1) is 10.5. The van der Waals surface area contributed by atoms with Gasteiger partial charge in [-0.25, -0.2) is 0 Å². The Kier molecular flexibility index (Phi) is 6.59. The number of hydrogen-bond acceptors (Lipinski definition) is 3. The second-order valence-corrected chi connectivity index (χ2v) is 7.61. The topological polar surface area (TPSA) is 77.9 Å². The van der Waals surface area contributed by atoms with Crippen LogP contribution in [0.1, 0.15) is 53.9 Å². The highest BCUT2D eigenvalue weighted by Crippen LogP contribution is 2.25. The first kappa shape index (κ1) is 19.5. The fraction of sp³-hybridized carbons (Fsp3) is 0.824. The maximum absolute atomic E-state index is 12.8. The molecule has 0 bridgehead atoms. The highest BCUT2D eigenvalue weighted by Gasteiger charge is 2.35. The summed E-state index contributed by atoms with van der Waals surface area (Å²) in [6.07, 6.45) is 1.51. The van der Waals surface area contributed by atoms with Gasteiger partial charge in [0.05, 0.1) is 12.3 Å². The molecule has 1 saturated heterocycles. The Morgan fingerprint density at radius 3 is 2.35 bits per heavy atom. The van der Waals surface area contributed by atoms with Crippen LogP contribution in [-0.2, 0) is 14.4 Å². The van der Waals surface area contributed by atoms with E-state index in [1.165, 1.54) is 0 Å². The van der Waals surface area contributed by atoms with Crippen molar-refractivity contribution >= 4 is 17.8 Å². The Bertz CT molecular complexity index is 454. The molecule has 0 aliphatic carbocycles. The van der Waals surface area contributed by atoms with Crippen molar-refractivity contribution < 1.29 is 19.5 Å². The zero-order valence-corrected chi connectivity index (χ0v) is 15.0. The monoisotopic (exact) mass is 326 g/mol. The van der Waals surface area contributed by atoms with Gasteiger partial charge in [-0.2, -0.15) is 0 Å². The molecule has 1 rings (SSSR count). The molecule has 0 radical (unpaired) electrons. The van der Waals surface area contributed by atoms with Crippen molar-refractivity contribution in [2.45, 2.75) is 59.9 Å². The third-order valence-electron chi connectivity index (χ3n) is 4.17. The highest BCUT2D eigenvalue weighted by molar-refractivity contribution is 5.84. The van der Waals surface area contributed by atoms with Gasteiger partial charge in [0.25, 0.3) is 0 Å². The Hall–Kier alpha value is -1.59. The van der Waals surface area contributed by atoms with Gasteiger partial charge in [0.1, 0.15) is 0 Å². The van der Waals surface area contributed by atoms with Crippen LogP contribution in [0.4, 0.5) is 0 Å². The van der Waals surface area contributed by atoms with Gasteiger partial charge in [-0.15, -0.1) is 0 Å². The molecule has 132 valence electrons. The predicted molar refractivity (Wildman–Crippen MR) is 87.9 cm³/mol. The largest absolute Gasteiger partial charge is 0.481 e. The molecule has 1 heterocycles. The minimum absolute atomic E-state index is 0.0346. The third kappa shape index (κ3) is 5.52. The molecule has 2 amide bonds. The second kappa shape index (κ2) is 7.79. The minimum atomic E-state index is -0.906. The Morgan fingerprint density at radius 1 is 1.26 bits per heavy atom. The molecular formula is C17H30N2O4. The summed E-state index contributed by atoms with van der Waals surface area (Å²) in [6, 6.07) is -0.0458. The van der Waals surface area contributed by atoms with E-state index < -0.39 is 11.4 Å². The Balaban J connectivity index is 2.77. The molecule has 6 nitrogen and oxygen atoms in total. The number of hydrogen-bond donors (Lipinski definition) is 1. The molecule has 1 unspecified atom stereocenters. The number of carbonyl (C=O) groups excluding carboxylic acids is 2. The van der Waals surface area contributed by atoms with Gasteiger partial charge in [0, 0.05) is 31.1 Å². The summed E-state index contributed by atoms with van der Waals surface area (Å²) in [7, 11) is 0. The predicted octanol–water partition coefficient (Wildman–Crippen LogP) is 1.98. The lowest BCUT2D eigenvalue weighted by atomic mass is 9.90. The maximum atomic E-state index is 12.8. The van der Waals surface area contributed by atoms with E-state index in [4.69, 9.17) is 5.11 Å². The summed E-state index contributed by atoms with van der Waals surface area (Å²) in [6.45, 7) is 10.8. The van der Waals surface area contributed by atoms with E-state index in [2.05, 4.69) is 0 Å². The summed E-state index contributed by atoms with van der Waals surface area (Å²) < 4.78 is 0.